The number of hydrogen-bond acceptors (Lipinski definition) is 5. The molecule has 4 rings (SSSR count). The van der Waals surface area contributed by atoms with Gasteiger partial charge in [0.2, 0.25) is 5.91 Å². The van der Waals surface area contributed by atoms with Gasteiger partial charge in [0.25, 0.3) is 5.56 Å². The molecule has 1 saturated carbocycles. The van der Waals surface area contributed by atoms with Crippen molar-refractivity contribution in [2.45, 2.75) is 38.8 Å². The molecule has 1 aliphatic rings. The predicted octanol–water partition coefficient (Wildman–Crippen LogP) is 2.48. The summed E-state index contributed by atoms with van der Waals surface area (Å²) in [6.45, 7) is 0.251. The number of rotatable bonds is 6. The van der Waals surface area contributed by atoms with Crippen LogP contribution in [0.3, 0.4) is 0 Å². The smallest absolute Gasteiger partial charge is 0.330 e. The average molecular weight is 408 g/mol. The van der Waals surface area contributed by atoms with E-state index in [2.05, 4.69) is 4.98 Å². The number of nitrogens with zero attached hydrogens (tertiary/aromatic N) is 2. The number of nitrogen functional groups attached to an aromatic ring is 1. The van der Waals surface area contributed by atoms with Crippen molar-refractivity contribution < 1.29 is 9.21 Å². The van der Waals surface area contributed by atoms with Crippen LogP contribution < -0.4 is 21.9 Å². The van der Waals surface area contributed by atoms with Crippen molar-refractivity contribution in [3.8, 4) is 0 Å². The first kappa shape index (κ1) is 19.8. The second kappa shape index (κ2) is 8.44. The highest BCUT2D eigenvalue weighted by molar-refractivity contribution is 5.97. The molecule has 0 radical (unpaired) electrons. The van der Waals surface area contributed by atoms with E-state index in [-0.39, 0.29) is 36.4 Å². The highest BCUT2D eigenvalue weighted by Gasteiger charge is 2.32. The standard InChI is InChI=1S/C22H24N4O4/c23-19-18(20(27)24-22(29)26(19)13-15-7-2-1-3-8-15)25(14-17-11-6-12-30-17)21(28)16-9-4-5-10-16/h1-3,6-8,11-12,16H,4-5,9-10,13-14,23H2,(H,24,27,29). The molecule has 1 amide bonds. The zero-order valence-corrected chi connectivity index (χ0v) is 16.5. The normalized spacial score (nSPS) is 14.1. The number of carbonyl (C=O) groups excluding carboxylic acids is 1. The molecule has 0 atom stereocenters. The van der Waals surface area contributed by atoms with Crippen LogP contribution in [0.5, 0.6) is 0 Å². The molecule has 1 aliphatic carbocycles. The minimum Gasteiger partial charge on any atom is -0.467 e. The predicted molar refractivity (Wildman–Crippen MR) is 113 cm³/mol. The lowest BCUT2D eigenvalue weighted by molar-refractivity contribution is -0.122. The maximum Gasteiger partial charge on any atom is 0.330 e. The Kier molecular flexibility index (Phi) is 5.56. The Morgan fingerprint density at radius 2 is 1.87 bits per heavy atom. The van der Waals surface area contributed by atoms with E-state index in [0.717, 1.165) is 31.2 Å². The minimum absolute atomic E-state index is 0.0150. The van der Waals surface area contributed by atoms with Gasteiger partial charge in [-0.2, -0.15) is 0 Å². The lowest BCUT2D eigenvalue weighted by Gasteiger charge is -2.26. The topological polar surface area (TPSA) is 114 Å². The summed E-state index contributed by atoms with van der Waals surface area (Å²) in [7, 11) is 0. The third-order valence-corrected chi connectivity index (χ3v) is 5.53. The second-order valence-corrected chi connectivity index (χ2v) is 7.55. The summed E-state index contributed by atoms with van der Waals surface area (Å²) in [5, 5.41) is 0. The minimum atomic E-state index is -0.681. The lowest BCUT2D eigenvalue weighted by atomic mass is 10.1. The number of anilines is 2. The summed E-state index contributed by atoms with van der Waals surface area (Å²) in [6, 6.07) is 12.8. The molecule has 2 aromatic heterocycles. The van der Waals surface area contributed by atoms with E-state index in [9.17, 15) is 14.4 Å². The van der Waals surface area contributed by atoms with Crippen LogP contribution in [0.1, 0.15) is 37.0 Å². The van der Waals surface area contributed by atoms with Crippen LogP contribution in [0, 0.1) is 5.92 Å². The maximum absolute atomic E-state index is 13.3. The third kappa shape index (κ3) is 3.94. The number of furan rings is 1. The zero-order valence-electron chi connectivity index (χ0n) is 16.5. The largest absolute Gasteiger partial charge is 0.467 e. The van der Waals surface area contributed by atoms with E-state index in [0.29, 0.717) is 5.76 Å². The van der Waals surface area contributed by atoms with E-state index < -0.39 is 11.2 Å². The van der Waals surface area contributed by atoms with E-state index in [1.807, 2.05) is 30.3 Å². The molecular weight excluding hydrogens is 384 g/mol. The molecule has 2 heterocycles. The van der Waals surface area contributed by atoms with Gasteiger partial charge in [-0.3, -0.25) is 24.0 Å². The Balaban J connectivity index is 1.79. The second-order valence-electron chi connectivity index (χ2n) is 7.55. The van der Waals surface area contributed by atoms with Gasteiger partial charge in [-0.25, -0.2) is 4.79 Å². The van der Waals surface area contributed by atoms with Gasteiger partial charge >= 0.3 is 5.69 Å². The van der Waals surface area contributed by atoms with E-state index >= 15 is 0 Å². The first-order valence-electron chi connectivity index (χ1n) is 10.0. The summed E-state index contributed by atoms with van der Waals surface area (Å²) >= 11 is 0. The molecule has 0 bridgehead atoms. The number of amides is 1. The molecule has 8 heteroatoms. The van der Waals surface area contributed by atoms with Gasteiger partial charge in [0.05, 0.1) is 19.4 Å². The fourth-order valence-electron chi connectivity index (χ4n) is 3.98. The van der Waals surface area contributed by atoms with Crippen LogP contribution in [0.25, 0.3) is 0 Å². The Hall–Kier alpha value is -3.55. The van der Waals surface area contributed by atoms with Gasteiger partial charge in [0, 0.05) is 5.92 Å². The van der Waals surface area contributed by atoms with Crippen molar-refractivity contribution in [3.05, 3.63) is 80.9 Å². The molecule has 0 spiro atoms. The molecule has 1 aromatic carbocycles. The van der Waals surface area contributed by atoms with Gasteiger partial charge in [-0.15, -0.1) is 0 Å². The number of benzene rings is 1. The van der Waals surface area contributed by atoms with E-state index in [4.69, 9.17) is 10.2 Å². The Morgan fingerprint density at radius 1 is 1.13 bits per heavy atom. The number of H-pyrrole nitrogens is 1. The maximum atomic E-state index is 13.3. The van der Waals surface area contributed by atoms with Gasteiger partial charge in [-0.1, -0.05) is 43.2 Å². The van der Waals surface area contributed by atoms with Crippen LogP contribution in [0.15, 0.2) is 62.7 Å². The first-order chi connectivity index (χ1) is 14.5. The molecule has 3 aromatic rings. The van der Waals surface area contributed by atoms with E-state index in [1.54, 1.807) is 12.1 Å². The quantitative estimate of drug-likeness (QED) is 0.650. The van der Waals surface area contributed by atoms with Crippen molar-refractivity contribution in [2.24, 2.45) is 5.92 Å². The summed E-state index contributed by atoms with van der Waals surface area (Å²) in [6.07, 6.45) is 5.01. The monoisotopic (exact) mass is 408 g/mol. The van der Waals surface area contributed by atoms with Crippen LogP contribution in [-0.4, -0.2) is 15.5 Å². The number of nitrogens with two attached hydrogens (primary N) is 1. The SMILES string of the molecule is Nc1c(N(Cc2ccco2)C(=O)C2CCCC2)c(=O)[nH]c(=O)n1Cc1ccccc1. The van der Waals surface area contributed by atoms with Crippen LogP contribution in [-0.2, 0) is 17.9 Å². The molecular formula is C22H24N4O4. The summed E-state index contributed by atoms with van der Waals surface area (Å²) in [4.78, 5) is 42.3. The number of nitrogens with one attached hydrogen (secondary N) is 1. The molecule has 0 aliphatic heterocycles. The van der Waals surface area contributed by atoms with Crippen molar-refractivity contribution in [3.63, 3.8) is 0 Å². The molecule has 0 saturated heterocycles. The Labute approximate surface area is 172 Å². The van der Waals surface area contributed by atoms with Crippen molar-refractivity contribution in [1.29, 1.82) is 0 Å². The lowest BCUT2D eigenvalue weighted by Crippen LogP contribution is -2.42. The molecule has 1 fully saturated rings. The van der Waals surface area contributed by atoms with Gasteiger partial charge in [-0.05, 0) is 30.5 Å². The molecule has 8 nitrogen and oxygen atoms in total. The van der Waals surface area contributed by atoms with Gasteiger partial charge in [0.1, 0.15) is 11.6 Å². The van der Waals surface area contributed by atoms with Crippen LogP contribution >= 0.6 is 0 Å². The summed E-state index contributed by atoms with van der Waals surface area (Å²) < 4.78 is 6.69. The first-order valence-corrected chi connectivity index (χ1v) is 10.0. The van der Waals surface area contributed by atoms with E-state index in [1.165, 1.54) is 15.7 Å². The number of carbonyl (C=O) groups is 1. The number of hydrogen-bond donors (Lipinski definition) is 2. The third-order valence-electron chi connectivity index (χ3n) is 5.53. The average Bonchev–Trinajstić information content (AvgIpc) is 3.45. The fraction of sp³-hybridized carbons (Fsp3) is 0.318. The van der Waals surface area contributed by atoms with Gasteiger partial charge in [0.15, 0.2) is 5.69 Å². The summed E-state index contributed by atoms with van der Waals surface area (Å²) in [5.74, 6) is 0.144. The molecule has 30 heavy (non-hydrogen) atoms. The van der Waals surface area contributed by atoms with Crippen molar-refractivity contribution >= 4 is 17.4 Å². The molecule has 3 N–H and O–H groups in total. The number of aromatic amines is 1. The van der Waals surface area contributed by atoms with Crippen molar-refractivity contribution in [2.75, 3.05) is 10.6 Å². The summed E-state index contributed by atoms with van der Waals surface area (Å²) in [5.41, 5.74) is 5.86. The number of aromatic nitrogens is 2. The van der Waals surface area contributed by atoms with Crippen LogP contribution in [0.4, 0.5) is 11.5 Å². The fourth-order valence-corrected chi connectivity index (χ4v) is 3.98. The molecule has 0 unspecified atom stereocenters. The van der Waals surface area contributed by atoms with Gasteiger partial charge < -0.3 is 10.2 Å². The Bertz CT molecular complexity index is 1130. The highest BCUT2D eigenvalue weighted by Crippen LogP contribution is 2.30. The zero-order chi connectivity index (χ0) is 21.1. The highest BCUT2D eigenvalue weighted by atomic mass is 16.3. The molecule has 156 valence electrons. The van der Waals surface area contributed by atoms with Crippen molar-refractivity contribution in [1.82, 2.24) is 9.55 Å². The Morgan fingerprint density at radius 3 is 2.53 bits per heavy atom. The van der Waals surface area contributed by atoms with Crippen LogP contribution in [0.2, 0.25) is 0 Å².